The Hall–Kier alpha value is -3.81. The number of aromatic nitrogens is 1. The molecular weight excluding hydrogens is 399 g/mol. The van der Waals surface area contributed by atoms with Crippen molar-refractivity contribution >= 4 is 17.3 Å². The highest BCUT2D eigenvalue weighted by Gasteiger charge is 2.30. The number of carbonyl (C=O) groups is 1. The molecule has 158 valence electrons. The van der Waals surface area contributed by atoms with E-state index >= 15 is 0 Å². The largest absolute Gasteiger partial charge is 0.371 e. The van der Waals surface area contributed by atoms with Crippen molar-refractivity contribution in [3.8, 4) is 0 Å². The molecule has 0 spiro atoms. The monoisotopic (exact) mass is 420 g/mol. The lowest BCUT2D eigenvalue weighted by molar-refractivity contribution is -0.386. The van der Waals surface area contributed by atoms with E-state index in [-0.39, 0.29) is 18.0 Å². The summed E-state index contributed by atoms with van der Waals surface area (Å²) in [6.45, 7) is 2.67. The number of hydrogen-bond donors (Lipinski definition) is 1. The van der Waals surface area contributed by atoms with Crippen molar-refractivity contribution in [2.24, 2.45) is 0 Å². The molecule has 1 aliphatic rings. The minimum Gasteiger partial charge on any atom is -0.371 e. The summed E-state index contributed by atoms with van der Waals surface area (Å²) in [5.41, 5.74) is 3.17. The average Bonchev–Trinajstić information content (AvgIpc) is 2.73. The van der Waals surface area contributed by atoms with Crippen LogP contribution in [0, 0.1) is 22.9 Å². The van der Waals surface area contributed by atoms with E-state index in [0.29, 0.717) is 13.1 Å². The zero-order valence-corrected chi connectivity index (χ0v) is 16.9. The predicted octanol–water partition coefficient (Wildman–Crippen LogP) is 4.18. The summed E-state index contributed by atoms with van der Waals surface area (Å²) in [6.07, 6.45) is 3.62. The van der Waals surface area contributed by atoms with Crippen molar-refractivity contribution < 1.29 is 14.1 Å². The molecular formula is C23H21FN4O3. The molecule has 1 unspecified atom stereocenters. The number of para-hydroxylation sites is 1. The van der Waals surface area contributed by atoms with E-state index in [9.17, 15) is 19.3 Å². The second-order valence-corrected chi connectivity index (χ2v) is 7.61. The Bertz CT molecular complexity index is 1150. The Kier molecular flexibility index (Phi) is 5.62. The van der Waals surface area contributed by atoms with Crippen molar-refractivity contribution in [2.75, 3.05) is 11.9 Å². The van der Waals surface area contributed by atoms with Crippen LogP contribution in [0.5, 0.6) is 0 Å². The maximum atomic E-state index is 14.1. The highest BCUT2D eigenvalue weighted by atomic mass is 19.1. The summed E-state index contributed by atoms with van der Waals surface area (Å²) >= 11 is 0. The van der Waals surface area contributed by atoms with Crippen LogP contribution in [0.2, 0.25) is 0 Å². The molecule has 1 atom stereocenters. The second kappa shape index (κ2) is 8.51. The van der Waals surface area contributed by atoms with Gasteiger partial charge < -0.3 is 10.2 Å². The van der Waals surface area contributed by atoms with Crippen molar-refractivity contribution in [1.82, 2.24) is 9.88 Å². The highest BCUT2D eigenvalue weighted by molar-refractivity contribution is 5.79. The van der Waals surface area contributed by atoms with E-state index in [1.165, 1.54) is 12.1 Å². The first kappa shape index (κ1) is 20.5. The highest BCUT2D eigenvalue weighted by Crippen LogP contribution is 2.34. The Labute approximate surface area is 178 Å². The summed E-state index contributed by atoms with van der Waals surface area (Å²) in [5.74, 6) is -0.971. The van der Waals surface area contributed by atoms with Crippen molar-refractivity contribution in [3.63, 3.8) is 0 Å². The number of benzene rings is 2. The standard InChI is InChI=1S/C23H21FN4O3/c1-15-9-16(12-25-11-15)10-22(29)27-13-17-5-2-3-6-18(17)21(14-27)26-20-8-4-7-19(24)23(20)28(30)31/h2-9,11-12,21,26H,10,13-14H2,1H3. The minimum absolute atomic E-state index is 0.0672. The van der Waals surface area contributed by atoms with E-state index in [2.05, 4.69) is 10.3 Å². The molecule has 7 nitrogen and oxygen atoms in total. The number of rotatable bonds is 5. The first-order valence-corrected chi connectivity index (χ1v) is 9.88. The first-order chi connectivity index (χ1) is 14.9. The molecule has 0 radical (unpaired) electrons. The average molecular weight is 420 g/mol. The SMILES string of the molecule is Cc1cncc(CC(=O)N2Cc3ccccc3C(Nc3cccc(F)c3[N+](=O)[O-])C2)c1. The summed E-state index contributed by atoms with van der Waals surface area (Å²) in [4.78, 5) is 29.5. The third-order valence-corrected chi connectivity index (χ3v) is 5.33. The van der Waals surface area contributed by atoms with Crippen LogP contribution in [0.4, 0.5) is 15.8 Å². The van der Waals surface area contributed by atoms with Gasteiger partial charge in [0.05, 0.1) is 17.4 Å². The number of fused-ring (bicyclic) bond motifs is 1. The molecule has 1 amide bonds. The maximum Gasteiger partial charge on any atom is 0.327 e. The van der Waals surface area contributed by atoms with Gasteiger partial charge in [-0.3, -0.25) is 19.9 Å². The lowest BCUT2D eigenvalue weighted by atomic mass is 9.94. The molecule has 31 heavy (non-hydrogen) atoms. The number of carbonyl (C=O) groups excluding carboxylic acids is 1. The normalized spacial score (nSPS) is 15.3. The molecule has 2 aromatic carbocycles. The summed E-state index contributed by atoms with van der Waals surface area (Å²) in [5, 5.41) is 14.5. The van der Waals surface area contributed by atoms with E-state index in [1.54, 1.807) is 17.3 Å². The molecule has 0 saturated carbocycles. The Morgan fingerprint density at radius 1 is 1.26 bits per heavy atom. The van der Waals surface area contributed by atoms with Crippen molar-refractivity contribution in [2.45, 2.75) is 25.9 Å². The number of amides is 1. The van der Waals surface area contributed by atoms with E-state index in [0.717, 1.165) is 28.3 Å². The van der Waals surface area contributed by atoms with Crippen LogP contribution < -0.4 is 5.32 Å². The fourth-order valence-corrected chi connectivity index (χ4v) is 3.93. The number of pyridine rings is 1. The summed E-state index contributed by atoms with van der Waals surface area (Å²) in [7, 11) is 0. The quantitative estimate of drug-likeness (QED) is 0.494. The first-order valence-electron chi connectivity index (χ1n) is 9.88. The van der Waals surface area contributed by atoms with Gasteiger partial charge in [0.2, 0.25) is 11.7 Å². The molecule has 2 heterocycles. The molecule has 8 heteroatoms. The molecule has 1 aliphatic heterocycles. The fourth-order valence-electron chi connectivity index (χ4n) is 3.93. The van der Waals surface area contributed by atoms with Crippen molar-refractivity contribution in [3.05, 3.63) is 99.1 Å². The number of nitro groups is 1. The molecule has 0 bridgehead atoms. The van der Waals surface area contributed by atoms with Gasteiger partial charge in [-0.05, 0) is 41.3 Å². The van der Waals surface area contributed by atoms with E-state index in [1.807, 2.05) is 37.3 Å². The van der Waals surface area contributed by atoms with Crippen LogP contribution in [-0.4, -0.2) is 27.3 Å². The van der Waals surface area contributed by atoms with Gasteiger partial charge in [-0.1, -0.05) is 36.4 Å². The number of anilines is 1. The van der Waals surface area contributed by atoms with Gasteiger partial charge in [0.1, 0.15) is 5.69 Å². The van der Waals surface area contributed by atoms with Gasteiger partial charge in [0.15, 0.2) is 0 Å². The molecule has 0 aliphatic carbocycles. The van der Waals surface area contributed by atoms with Crippen LogP contribution in [0.15, 0.2) is 60.9 Å². The molecule has 3 aromatic rings. The van der Waals surface area contributed by atoms with Crippen LogP contribution in [0.3, 0.4) is 0 Å². The van der Waals surface area contributed by atoms with Crippen molar-refractivity contribution in [1.29, 1.82) is 0 Å². The smallest absolute Gasteiger partial charge is 0.327 e. The third-order valence-electron chi connectivity index (χ3n) is 5.33. The van der Waals surface area contributed by atoms with Crippen LogP contribution in [-0.2, 0) is 17.8 Å². The summed E-state index contributed by atoms with van der Waals surface area (Å²) < 4.78 is 14.1. The third kappa shape index (κ3) is 4.37. The summed E-state index contributed by atoms with van der Waals surface area (Å²) in [6, 6.07) is 13.1. The van der Waals surface area contributed by atoms with Gasteiger partial charge in [0.25, 0.3) is 0 Å². The lowest BCUT2D eigenvalue weighted by Crippen LogP contribution is -2.41. The van der Waals surface area contributed by atoms with E-state index in [4.69, 9.17) is 0 Å². The molecule has 1 aromatic heterocycles. The Morgan fingerprint density at radius 2 is 2.06 bits per heavy atom. The Balaban J connectivity index is 1.62. The second-order valence-electron chi connectivity index (χ2n) is 7.61. The zero-order chi connectivity index (χ0) is 22.0. The van der Waals surface area contributed by atoms with Crippen LogP contribution in [0.1, 0.15) is 28.3 Å². The maximum absolute atomic E-state index is 14.1. The van der Waals surface area contributed by atoms with Gasteiger partial charge in [-0.25, -0.2) is 0 Å². The number of hydrogen-bond acceptors (Lipinski definition) is 5. The predicted molar refractivity (Wildman–Crippen MR) is 114 cm³/mol. The van der Waals surface area contributed by atoms with Gasteiger partial charge >= 0.3 is 5.69 Å². The molecule has 0 fully saturated rings. The van der Waals surface area contributed by atoms with Crippen LogP contribution >= 0.6 is 0 Å². The molecule has 1 N–H and O–H groups in total. The Morgan fingerprint density at radius 3 is 2.84 bits per heavy atom. The number of nitrogens with one attached hydrogen (secondary N) is 1. The number of halogens is 1. The molecule has 4 rings (SSSR count). The topological polar surface area (TPSA) is 88.4 Å². The van der Waals surface area contributed by atoms with Gasteiger partial charge in [0, 0.05) is 25.5 Å². The lowest BCUT2D eigenvalue weighted by Gasteiger charge is -2.35. The van der Waals surface area contributed by atoms with Gasteiger partial charge in [-0.2, -0.15) is 4.39 Å². The fraction of sp³-hybridized carbons (Fsp3) is 0.217. The van der Waals surface area contributed by atoms with Crippen LogP contribution in [0.25, 0.3) is 0 Å². The number of nitro benzene ring substituents is 1. The zero-order valence-electron chi connectivity index (χ0n) is 16.9. The van der Waals surface area contributed by atoms with E-state index < -0.39 is 22.5 Å². The van der Waals surface area contributed by atoms with Gasteiger partial charge in [-0.15, -0.1) is 0 Å². The number of aryl methyl sites for hydroxylation is 1. The number of nitrogens with zero attached hydrogens (tertiary/aromatic N) is 3. The minimum atomic E-state index is -0.904. The molecule has 0 saturated heterocycles.